The van der Waals surface area contributed by atoms with Gasteiger partial charge < -0.3 is 4.90 Å². The van der Waals surface area contributed by atoms with Crippen molar-refractivity contribution in [3.63, 3.8) is 0 Å². The molecule has 0 amide bonds. The summed E-state index contributed by atoms with van der Waals surface area (Å²) in [4.78, 5) is 2.08. The molecule has 1 aromatic rings. The predicted molar refractivity (Wildman–Crippen MR) is 71.1 cm³/mol. The van der Waals surface area contributed by atoms with E-state index in [0.29, 0.717) is 0 Å². The average molecular weight is 231 g/mol. The number of aromatic nitrogens is 2. The van der Waals surface area contributed by atoms with E-state index in [1.165, 1.54) is 19.3 Å². The molecular weight excluding hydrogens is 210 g/mol. The van der Waals surface area contributed by atoms with Gasteiger partial charge in [-0.2, -0.15) is 5.10 Å². The van der Waals surface area contributed by atoms with Crippen molar-refractivity contribution in [2.45, 2.75) is 44.1 Å². The van der Waals surface area contributed by atoms with Crippen LogP contribution in [-0.2, 0) is 5.54 Å². The van der Waals surface area contributed by atoms with Crippen molar-refractivity contribution in [3.05, 3.63) is 12.4 Å². The highest BCUT2D eigenvalue weighted by Crippen LogP contribution is 2.37. The number of hydrogen-bond donors (Lipinski definition) is 0. The molecule has 0 bridgehead atoms. The molecular formula is C14H21N3. The molecule has 0 spiro atoms. The maximum Gasteiger partial charge on any atom is 0.0747 e. The zero-order chi connectivity index (χ0) is 12.3. The number of nitrogens with zero attached hydrogens (tertiary/aromatic N) is 3. The maximum atomic E-state index is 5.55. The molecule has 0 unspecified atom stereocenters. The lowest BCUT2D eigenvalue weighted by Gasteiger charge is -2.36. The lowest BCUT2D eigenvalue weighted by molar-refractivity contribution is 0.179. The maximum absolute atomic E-state index is 5.55. The lowest BCUT2D eigenvalue weighted by Crippen LogP contribution is -2.36. The van der Waals surface area contributed by atoms with Crippen LogP contribution in [0.3, 0.4) is 0 Å². The van der Waals surface area contributed by atoms with E-state index in [2.05, 4.69) is 26.8 Å². The second-order valence-electron chi connectivity index (χ2n) is 5.20. The third kappa shape index (κ3) is 2.31. The molecule has 0 N–H and O–H groups in total. The van der Waals surface area contributed by atoms with Crippen LogP contribution in [0, 0.1) is 12.3 Å². The SMILES string of the molecule is C#CCC1(n2cc(N(C)C)cn2)CCCCC1. The number of terminal acetylenes is 1. The number of hydrogen-bond acceptors (Lipinski definition) is 2. The van der Waals surface area contributed by atoms with E-state index < -0.39 is 0 Å². The van der Waals surface area contributed by atoms with Gasteiger partial charge >= 0.3 is 0 Å². The average Bonchev–Trinajstić information content (AvgIpc) is 2.80. The van der Waals surface area contributed by atoms with Crippen molar-refractivity contribution in [1.82, 2.24) is 9.78 Å². The summed E-state index contributed by atoms with van der Waals surface area (Å²) in [6.07, 6.45) is 16.6. The Balaban J connectivity index is 2.28. The molecule has 0 aromatic carbocycles. The van der Waals surface area contributed by atoms with Crippen LogP contribution in [0.15, 0.2) is 12.4 Å². The fourth-order valence-corrected chi connectivity index (χ4v) is 2.69. The fourth-order valence-electron chi connectivity index (χ4n) is 2.69. The molecule has 1 fully saturated rings. The first-order valence-electron chi connectivity index (χ1n) is 6.34. The minimum atomic E-state index is 0.0707. The molecule has 1 aliphatic rings. The van der Waals surface area contributed by atoms with Gasteiger partial charge in [0, 0.05) is 26.7 Å². The van der Waals surface area contributed by atoms with Gasteiger partial charge in [-0.25, -0.2) is 0 Å². The fraction of sp³-hybridized carbons (Fsp3) is 0.643. The number of rotatable bonds is 3. The van der Waals surface area contributed by atoms with Gasteiger partial charge in [-0.3, -0.25) is 4.68 Å². The Morgan fingerprint density at radius 1 is 1.41 bits per heavy atom. The molecule has 3 nitrogen and oxygen atoms in total. The van der Waals surface area contributed by atoms with Gasteiger partial charge in [-0.1, -0.05) is 19.3 Å². The Labute approximate surface area is 104 Å². The molecule has 1 heterocycles. The third-order valence-corrected chi connectivity index (χ3v) is 3.79. The summed E-state index contributed by atoms with van der Waals surface area (Å²) in [6.45, 7) is 0. The van der Waals surface area contributed by atoms with Crippen molar-refractivity contribution in [3.8, 4) is 12.3 Å². The monoisotopic (exact) mass is 231 g/mol. The first kappa shape index (κ1) is 12.0. The summed E-state index contributed by atoms with van der Waals surface area (Å²) >= 11 is 0. The smallest absolute Gasteiger partial charge is 0.0747 e. The van der Waals surface area contributed by atoms with Crippen LogP contribution in [0.1, 0.15) is 38.5 Å². The molecule has 3 heteroatoms. The summed E-state index contributed by atoms with van der Waals surface area (Å²) < 4.78 is 2.11. The quantitative estimate of drug-likeness (QED) is 0.746. The molecule has 1 aliphatic carbocycles. The van der Waals surface area contributed by atoms with Gasteiger partial charge in [-0.05, 0) is 12.8 Å². The molecule has 0 radical (unpaired) electrons. The van der Waals surface area contributed by atoms with Crippen LogP contribution < -0.4 is 4.90 Å². The van der Waals surface area contributed by atoms with Crippen molar-refractivity contribution >= 4 is 5.69 Å². The van der Waals surface area contributed by atoms with E-state index in [1.807, 2.05) is 20.3 Å². The van der Waals surface area contributed by atoms with Gasteiger partial charge in [0.25, 0.3) is 0 Å². The first-order valence-corrected chi connectivity index (χ1v) is 6.34. The standard InChI is InChI=1S/C14H21N3/c1-4-8-14(9-6-5-7-10-14)17-12-13(11-15-17)16(2)3/h1,11-12H,5-10H2,2-3H3. The highest BCUT2D eigenvalue weighted by atomic mass is 15.3. The molecule has 92 valence electrons. The Kier molecular flexibility index (Phi) is 3.42. The summed E-state index contributed by atoms with van der Waals surface area (Å²) in [6, 6.07) is 0. The van der Waals surface area contributed by atoms with Gasteiger partial charge in [0.1, 0.15) is 0 Å². The molecule has 0 aliphatic heterocycles. The summed E-state index contributed by atoms with van der Waals surface area (Å²) in [7, 11) is 4.08. The van der Waals surface area contributed by atoms with Crippen molar-refractivity contribution < 1.29 is 0 Å². The molecule has 1 saturated carbocycles. The molecule has 0 atom stereocenters. The summed E-state index contributed by atoms with van der Waals surface area (Å²) in [5.41, 5.74) is 1.22. The Morgan fingerprint density at radius 3 is 2.65 bits per heavy atom. The van der Waals surface area contributed by atoms with Crippen LogP contribution in [0.4, 0.5) is 5.69 Å². The molecule has 0 saturated heterocycles. The normalized spacial score (nSPS) is 18.6. The predicted octanol–water partition coefficient (Wildman–Crippen LogP) is 2.63. The zero-order valence-corrected chi connectivity index (χ0v) is 10.8. The largest absolute Gasteiger partial charge is 0.375 e. The molecule has 2 rings (SSSR count). The van der Waals surface area contributed by atoms with E-state index in [0.717, 1.165) is 24.9 Å². The van der Waals surface area contributed by atoms with E-state index >= 15 is 0 Å². The van der Waals surface area contributed by atoms with Crippen molar-refractivity contribution in [2.24, 2.45) is 0 Å². The van der Waals surface area contributed by atoms with E-state index in [1.54, 1.807) is 0 Å². The molecule has 17 heavy (non-hydrogen) atoms. The van der Waals surface area contributed by atoms with Crippen LogP contribution in [0.5, 0.6) is 0 Å². The molecule has 1 aromatic heterocycles. The second kappa shape index (κ2) is 4.83. The van der Waals surface area contributed by atoms with Crippen LogP contribution in [0.2, 0.25) is 0 Å². The summed E-state index contributed by atoms with van der Waals surface area (Å²) in [5.74, 6) is 2.84. The first-order chi connectivity index (χ1) is 8.18. The van der Waals surface area contributed by atoms with Crippen molar-refractivity contribution in [1.29, 1.82) is 0 Å². The van der Waals surface area contributed by atoms with E-state index in [4.69, 9.17) is 6.42 Å². The van der Waals surface area contributed by atoms with Crippen LogP contribution in [-0.4, -0.2) is 23.9 Å². The number of anilines is 1. The summed E-state index contributed by atoms with van der Waals surface area (Å²) in [5, 5.41) is 4.53. The Hall–Kier alpha value is -1.43. The minimum Gasteiger partial charge on any atom is -0.375 e. The van der Waals surface area contributed by atoms with Gasteiger partial charge in [0.05, 0.1) is 17.4 Å². The Morgan fingerprint density at radius 2 is 2.12 bits per heavy atom. The highest BCUT2D eigenvalue weighted by molar-refractivity contribution is 5.40. The minimum absolute atomic E-state index is 0.0707. The zero-order valence-electron chi connectivity index (χ0n) is 10.8. The van der Waals surface area contributed by atoms with Crippen LogP contribution >= 0.6 is 0 Å². The van der Waals surface area contributed by atoms with Gasteiger partial charge in [0.2, 0.25) is 0 Å². The second-order valence-corrected chi connectivity index (χ2v) is 5.20. The van der Waals surface area contributed by atoms with Crippen molar-refractivity contribution in [2.75, 3.05) is 19.0 Å². The highest BCUT2D eigenvalue weighted by Gasteiger charge is 2.33. The van der Waals surface area contributed by atoms with E-state index in [-0.39, 0.29) is 5.54 Å². The van der Waals surface area contributed by atoms with E-state index in [9.17, 15) is 0 Å². The van der Waals surface area contributed by atoms with Crippen LogP contribution in [0.25, 0.3) is 0 Å². The van der Waals surface area contributed by atoms with Gasteiger partial charge in [0.15, 0.2) is 0 Å². The third-order valence-electron chi connectivity index (χ3n) is 3.79. The van der Waals surface area contributed by atoms with Gasteiger partial charge in [-0.15, -0.1) is 12.3 Å². The topological polar surface area (TPSA) is 21.1 Å². The Bertz CT molecular complexity index is 405. The lowest BCUT2D eigenvalue weighted by atomic mass is 9.79.